The lowest BCUT2D eigenvalue weighted by Gasteiger charge is -2.37. The summed E-state index contributed by atoms with van der Waals surface area (Å²) in [7, 11) is 0. The molecule has 2 aliphatic rings. The van der Waals surface area contributed by atoms with Gasteiger partial charge in [-0.3, -0.25) is 4.99 Å². The van der Waals surface area contributed by atoms with Crippen molar-refractivity contribution in [2.45, 2.75) is 56.2 Å². The molecule has 0 spiro atoms. The van der Waals surface area contributed by atoms with Crippen LogP contribution in [0.3, 0.4) is 0 Å². The summed E-state index contributed by atoms with van der Waals surface area (Å²) in [5.74, 6) is 0.384. The highest BCUT2D eigenvalue weighted by Gasteiger charge is 2.37. The minimum absolute atomic E-state index is 0. The van der Waals surface area contributed by atoms with Gasteiger partial charge in [0.05, 0.1) is 12.1 Å². The van der Waals surface area contributed by atoms with Crippen molar-refractivity contribution in [2.75, 3.05) is 19.8 Å². The Labute approximate surface area is 175 Å². The first-order chi connectivity index (χ1) is 12.4. The summed E-state index contributed by atoms with van der Waals surface area (Å²) in [5.41, 5.74) is 5.60. The van der Waals surface area contributed by atoms with Crippen molar-refractivity contribution >= 4 is 29.9 Å². The van der Waals surface area contributed by atoms with E-state index < -0.39 is 17.2 Å². The molecule has 3 N–H and O–H groups in total. The summed E-state index contributed by atoms with van der Waals surface area (Å²) in [6, 6.07) is 5.95. The molecule has 27 heavy (non-hydrogen) atoms. The van der Waals surface area contributed by atoms with Gasteiger partial charge in [0, 0.05) is 24.7 Å². The van der Waals surface area contributed by atoms with Gasteiger partial charge >= 0.3 is 6.18 Å². The molecule has 4 nitrogen and oxygen atoms in total. The average Bonchev–Trinajstić information content (AvgIpc) is 3.13. The Hall–Kier alpha value is -1.03. The molecule has 2 fully saturated rings. The number of rotatable bonds is 4. The number of ether oxygens (including phenoxy) is 1. The second-order valence-corrected chi connectivity index (χ2v) is 7.30. The minimum Gasteiger partial charge on any atom is -0.381 e. The lowest BCUT2D eigenvalue weighted by molar-refractivity contribution is -0.137. The zero-order chi connectivity index (χ0) is 18.6. The summed E-state index contributed by atoms with van der Waals surface area (Å²) in [6.07, 6.45) is 1.47. The molecule has 0 amide bonds. The first kappa shape index (κ1) is 22.3. The minimum atomic E-state index is -4.35. The number of halogens is 4. The van der Waals surface area contributed by atoms with Crippen LogP contribution in [0, 0.1) is 0 Å². The molecule has 0 radical (unpaired) electrons. The van der Waals surface area contributed by atoms with Gasteiger partial charge < -0.3 is 15.8 Å². The van der Waals surface area contributed by atoms with E-state index in [1.807, 2.05) is 0 Å². The number of hydrogen-bond donors (Lipinski definition) is 2. The molecule has 1 aliphatic carbocycles. The molecule has 0 unspecified atom stereocenters. The quantitative estimate of drug-likeness (QED) is 0.372. The summed E-state index contributed by atoms with van der Waals surface area (Å²) < 4.78 is 44.8. The Kier molecular flexibility index (Phi) is 7.79. The molecule has 1 aromatic carbocycles. The zero-order valence-electron chi connectivity index (χ0n) is 15.2. The van der Waals surface area contributed by atoms with Crippen LogP contribution < -0.4 is 11.1 Å². The Balaban J connectivity index is 0.00000261. The van der Waals surface area contributed by atoms with Crippen molar-refractivity contribution in [2.24, 2.45) is 10.7 Å². The van der Waals surface area contributed by atoms with Gasteiger partial charge in [-0.1, -0.05) is 31.0 Å². The Morgan fingerprint density at radius 2 is 1.89 bits per heavy atom. The fraction of sp³-hybridized carbons (Fsp3) is 0.632. The molecular formula is C19H27F3IN3O. The lowest BCUT2D eigenvalue weighted by atomic mass is 9.74. The molecule has 1 saturated heterocycles. The zero-order valence-corrected chi connectivity index (χ0v) is 17.6. The molecule has 3 rings (SSSR count). The van der Waals surface area contributed by atoms with Crippen molar-refractivity contribution in [3.8, 4) is 0 Å². The Morgan fingerprint density at radius 1 is 1.22 bits per heavy atom. The van der Waals surface area contributed by atoms with Crippen molar-refractivity contribution < 1.29 is 17.9 Å². The van der Waals surface area contributed by atoms with Gasteiger partial charge in [0.25, 0.3) is 0 Å². The fourth-order valence-corrected chi connectivity index (χ4v) is 3.89. The number of nitrogens with one attached hydrogen (secondary N) is 1. The Morgan fingerprint density at radius 3 is 2.52 bits per heavy atom. The van der Waals surface area contributed by atoms with Crippen molar-refractivity contribution in [1.82, 2.24) is 5.32 Å². The molecule has 1 aliphatic heterocycles. The predicted molar refractivity (Wildman–Crippen MR) is 110 cm³/mol. The molecule has 0 atom stereocenters. The highest BCUT2D eigenvalue weighted by Crippen LogP contribution is 2.38. The number of nitrogens with zero attached hydrogens (tertiary/aromatic N) is 1. The number of alkyl halides is 3. The van der Waals surface area contributed by atoms with Crippen LogP contribution in [0.25, 0.3) is 0 Å². The number of guanidine groups is 1. The third kappa shape index (κ3) is 5.73. The van der Waals surface area contributed by atoms with Crippen molar-refractivity contribution in [1.29, 1.82) is 0 Å². The lowest BCUT2D eigenvalue weighted by Crippen LogP contribution is -2.41. The third-order valence-electron chi connectivity index (χ3n) is 5.51. The van der Waals surface area contributed by atoms with E-state index >= 15 is 0 Å². The van der Waals surface area contributed by atoms with Gasteiger partial charge in [-0.15, -0.1) is 24.0 Å². The van der Waals surface area contributed by atoms with E-state index in [0.717, 1.165) is 18.9 Å². The normalized spacial score (nSPS) is 20.9. The smallest absolute Gasteiger partial charge is 0.381 e. The summed E-state index contributed by atoms with van der Waals surface area (Å²) in [5, 5.41) is 3.24. The van der Waals surface area contributed by atoms with Crippen LogP contribution in [-0.2, 0) is 16.3 Å². The second-order valence-electron chi connectivity index (χ2n) is 7.30. The van der Waals surface area contributed by atoms with Crippen LogP contribution >= 0.6 is 24.0 Å². The summed E-state index contributed by atoms with van der Waals surface area (Å²) in [4.78, 5) is 4.50. The van der Waals surface area contributed by atoms with Crippen molar-refractivity contribution in [3.05, 3.63) is 35.4 Å². The maximum absolute atomic E-state index is 13.1. The molecule has 1 aromatic rings. The van der Waals surface area contributed by atoms with E-state index in [1.165, 1.54) is 25.0 Å². The van der Waals surface area contributed by atoms with Crippen LogP contribution in [0.2, 0.25) is 0 Å². The van der Waals surface area contributed by atoms with Gasteiger partial charge in [0.15, 0.2) is 5.96 Å². The van der Waals surface area contributed by atoms with Crippen LogP contribution in [0.5, 0.6) is 0 Å². The molecule has 8 heteroatoms. The van der Waals surface area contributed by atoms with E-state index in [9.17, 15) is 13.2 Å². The number of aliphatic imine (C=N–C) groups is 1. The van der Waals surface area contributed by atoms with E-state index in [0.29, 0.717) is 50.2 Å². The first-order valence-electron chi connectivity index (χ1n) is 9.21. The van der Waals surface area contributed by atoms with Gasteiger partial charge in [-0.2, -0.15) is 13.2 Å². The highest BCUT2D eigenvalue weighted by molar-refractivity contribution is 14.0. The number of benzene rings is 1. The summed E-state index contributed by atoms with van der Waals surface area (Å²) >= 11 is 0. The first-order valence-corrected chi connectivity index (χ1v) is 9.21. The van der Waals surface area contributed by atoms with Crippen LogP contribution in [-0.4, -0.2) is 31.8 Å². The van der Waals surface area contributed by atoms with E-state index in [-0.39, 0.29) is 24.0 Å². The van der Waals surface area contributed by atoms with Gasteiger partial charge in [-0.25, -0.2) is 0 Å². The molecule has 1 heterocycles. The van der Waals surface area contributed by atoms with Crippen LogP contribution in [0.1, 0.15) is 49.7 Å². The van der Waals surface area contributed by atoms with E-state index in [1.54, 1.807) is 6.07 Å². The standard InChI is InChI=1S/C19H26F3N3O.HI/c20-19(21,22)15-5-3-4-14(12-15)18(8-10-26-11-9-18)13-24-17(23)25-16-6-1-2-7-16;/h3-5,12,16H,1-2,6-11,13H2,(H3,23,24,25);1H. The maximum Gasteiger partial charge on any atom is 0.416 e. The van der Waals surface area contributed by atoms with Crippen molar-refractivity contribution in [3.63, 3.8) is 0 Å². The second kappa shape index (κ2) is 9.45. The molecule has 0 aromatic heterocycles. The SMILES string of the molecule is I.NC(=NCC1(c2cccc(C(F)(F)F)c2)CCOCC1)NC1CCCC1. The van der Waals surface area contributed by atoms with Gasteiger partial charge in [0.2, 0.25) is 0 Å². The maximum atomic E-state index is 13.1. The van der Waals surface area contributed by atoms with E-state index in [2.05, 4.69) is 10.3 Å². The largest absolute Gasteiger partial charge is 0.416 e. The van der Waals surface area contributed by atoms with E-state index in [4.69, 9.17) is 10.5 Å². The average molecular weight is 497 g/mol. The highest BCUT2D eigenvalue weighted by atomic mass is 127. The molecule has 0 bridgehead atoms. The molecule has 1 saturated carbocycles. The van der Waals surface area contributed by atoms with Crippen LogP contribution in [0.15, 0.2) is 29.3 Å². The number of nitrogens with two attached hydrogens (primary N) is 1. The topological polar surface area (TPSA) is 59.6 Å². The summed E-state index contributed by atoms with van der Waals surface area (Å²) in [6.45, 7) is 1.40. The van der Waals surface area contributed by atoms with Crippen LogP contribution in [0.4, 0.5) is 13.2 Å². The third-order valence-corrected chi connectivity index (χ3v) is 5.51. The molecular weight excluding hydrogens is 470 g/mol. The monoisotopic (exact) mass is 497 g/mol. The fourth-order valence-electron chi connectivity index (χ4n) is 3.89. The Bertz CT molecular complexity index is 639. The predicted octanol–water partition coefficient (Wildman–Crippen LogP) is 4.22. The molecule has 152 valence electrons. The van der Waals surface area contributed by atoms with Gasteiger partial charge in [-0.05, 0) is 37.3 Å². The number of hydrogen-bond acceptors (Lipinski definition) is 2. The van der Waals surface area contributed by atoms with Gasteiger partial charge in [0.1, 0.15) is 0 Å².